The molecule has 7 nitrogen and oxygen atoms in total. The Morgan fingerprint density at radius 3 is 2.28 bits per heavy atom. The number of urea groups is 1. The summed E-state index contributed by atoms with van der Waals surface area (Å²) in [5, 5.41) is 6.13. The van der Waals surface area contributed by atoms with Gasteiger partial charge in [0.2, 0.25) is 0 Å². The summed E-state index contributed by atoms with van der Waals surface area (Å²) >= 11 is 6.38. The summed E-state index contributed by atoms with van der Waals surface area (Å²) in [5.41, 5.74) is 2.90. The third-order valence-corrected chi connectivity index (χ3v) is 6.22. The van der Waals surface area contributed by atoms with E-state index in [0.717, 1.165) is 32.7 Å². The van der Waals surface area contributed by atoms with Gasteiger partial charge in [0, 0.05) is 50.0 Å². The van der Waals surface area contributed by atoms with Crippen molar-refractivity contribution in [2.24, 2.45) is 0 Å². The Morgan fingerprint density at radius 1 is 1.00 bits per heavy atom. The van der Waals surface area contributed by atoms with E-state index in [1.54, 1.807) is 6.07 Å². The molecule has 2 aliphatic heterocycles. The third-order valence-electron chi connectivity index (χ3n) is 5.87. The smallest absolute Gasteiger partial charge is 0.338 e. The number of nitrogens with zero attached hydrogens (tertiary/aromatic N) is 2. The molecule has 0 saturated carbocycles. The zero-order chi connectivity index (χ0) is 22.5. The van der Waals surface area contributed by atoms with E-state index in [-0.39, 0.29) is 6.03 Å². The highest BCUT2D eigenvalue weighted by molar-refractivity contribution is 6.31. The number of benzene rings is 2. The minimum Gasteiger partial charge on any atom is -0.466 e. The Hall–Kier alpha value is -2.87. The molecule has 2 aliphatic rings. The van der Waals surface area contributed by atoms with Crippen molar-refractivity contribution < 1.29 is 14.3 Å². The second kappa shape index (κ2) is 10.2. The quantitative estimate of drug-likeness (QED) is 0.656. The van der Waals surface area contributed by atoms with E-state index in [0.29, 0.717) is 28.4 Å². The van der Waals surface area contributed by atoms with Gasteiger partial charge in [0.05, 0.1) is 18.7 Å². The largest absolute Gasteiger partial charge is 0.466 e. The van der Waals surface area contributed by atoms with Crippen LogP contribution in [0.1, 0.15) is 17.2 Å². The molecular formula is C24H27ClN4O3. The lowest BCUT2D eigenvalue weighted by Gasteiger charge is -2.37. The van der Waals surface area contributed by atoms with Crippen LogP contribution in [0.4, 0.5) is 4.79 Å². The summed E-state index contributed by atoms with van der Waals surface area (Å²) in [5.74, 6) is -0.486. The number of piperazine rings is 1. The van der Waals surface area contributed by atoms with Crippen molar-refractivity contribution in [3.8, 4) is 0 Å². The standard InChI is InChI=1S/C24H27ClN4O3/c1-32-23(30)21-20(26-24(31)27-22(21)18-9-5-6-10-19(18)25)16-29-13-11-28(12-14-29)15-17-7-3-2-4-8-17/h2-10,22H,11-16H2,1H3,(H2,26,27,31). The van der Waals surface area contributed by atoms with Gasteiger partial charge in [-0.05, 0) is 17.2 Å². The molecule has 2 aromatic rings. The van der Waals surface area contributed by atoms with Gasteiger partial charge in [0.1, 0.15) is 0 Å². The van der Waals surface area contributed by atoms with Crippen LogP contribution in [0.3, 0.4) is 0 Å². The Kier molecular flexibility index (Phi) is 7.09. The van der Waals surface area contributed by atoms with Crippen LogP contribution in [-0.2, 0) is 16.1 Å². The minimum atomic E-state index is -0.667. The lowest BCUT2D eigenvalue weighted by atomic mass is 9.95. The van der Waals surface area contributed by atoms with Crippen molar-refractivity contribution in [1.29, 1.82) is 0 Å². The highest BCUT2D eigenvalue weighted by atomic mass is 35.5. The predicted molar refractivity (Wildman–Crippen MR) is 123 cm³/mol. The van der Waals surface area contributed by atoms with Crippen LogP contribution in [0.25, 0.3) is 0 Å². The maximum atomic E-state index is 12.7. The number of hydrogen-bond acceptors (Lipinski definition) is 5. The van der Waals surface area contributed by atoms with Crippen LogP contribution in [0.15, 0.2) is 65.9 Å². The number of methoxy groups -OCH3 is 1. The van der Waals surface area contributed by atoms with Crippen molar-refractivity contribution in [3.63, 3.8) is 0 Å². The van der Waals surface area contributed by atoms with Crippen LogP contribution < -0.4 is 10.6 Å². The average molecular weight is 455 g/mol. The van der Waals surface area contributed by atoms with E-state index in [4.69, 9.17) is 16.3 Å². The lowest BCUT2D eigenvalue weighted by Crippen LogP contribution is -2.51. The number of nitrogens with one attached hydrogen (secondary N) is 2. The normalized spacial score (nSPS) is 19.9. The van der Waals surface area contributed by atoms with Gasteiger partial charge in [-0.2, -0.15) is 0 Å². The highest BCUT2D eigenvalue weighted by Crippen LogP contribution is 2.32. The monoisotopic (exact) mass is 454 g/mol. The maximum absolute atomic E-state index is 12.7. The molecule has 1 fully saturated rings. The molecule has 0 aromatic heterocycles. The van der Waals surface area contributed by atoms with Crippen LogP contribution in [0.5, 0.6) is 0 Å². The molecule has 32 heavy (non-hydrogen) atoms. The number of rotatable bonds is 6. The van der Waals surface area contributed by atoms with E-state index < -0.39 is 12.0 Å². The van der Waals surface area contributed by atoms with Crippen molar-refractivity contribution >= 4 is 23.6 Å². The molecule has 1 unspecified atom stereocenters. The molecule has 1 atom stereocenters. The second-order valence-electron chi connectivity index (χ2n) is 7.97. The molecular weight excluding hydrogens is 428 g/mol. The van der Waals surface area contributed by atoms with Gasteiger partial charge in [-0.1, -0.05) is 60.1 Å². The molecule has 8 heteroatoms. The first-order valence-corrected chi connectivity index (χ1v) is 11.0. The summed E-state index contributed by atoms with van der Waals surface area (Å²) in [6.07, 6.45) is 0. The number of ether oxygens (including phenoxy) is 1. The van der Waals surface area contributed by atoms with Gasteiger partial charge in [0.25, 0.3) is 0 Å². The van der Waals surface area contributed by atoms with Gasteiger partial charge in [-0.15, -0.1) is 0 Å². The van der Waals surface area contributed by atoms with Crippen molar-refractivity contribution in [3.05, 3.63) is 82.0 Å². The Labute approximate surface area is 193 Å². The zero-order valence-electron chi connectivity index (χ0n) is 18.0. The van der Waals surface area contributed by atoms with Crippen LogP contribution in [0.2, 0.25) is 5.02 Å². The summed E-state index contributed by atoms with van der Waals surface area (Å²) in [4.78, 5) is 29.8. The molecule has 0 radical (unpaired) electrons. The number of hydrogen-bond donors (Lipinski definition) is 2. The first-order valence-electron chi connectivity index (χ1n) is 10.7. The first kappa shape index (κ1) is 22.3. The Bertz CT molecular complexity index is 1000. The molecule has 2 heterocycles. The molecule has 2 amide bonds. The molecule has 0 spiro atoms. The Balaban J connectivity index is 1.51. The first-order chi connectivity index (χ1) is 15.5. The van der Waals surface area contributed by atoms with E-state index in [2.05, 4.69) is 44.7 Å². The van der Waals surface area contributed by atoms with E-state index in [9.17, 15) is 9.59 Å². The van der Waals surface area contributed by atoms with Gasteiger partial charge >= 0.3 is 12.0 Å². The number of halogens is 1. The van der Waals surface area contributed by atoms with Gasteiger partial charge in [0.15, 0.2) is 0 Å². The van der Waals surface area contributed by atoms with Gasteiger partial charge in [-0.25, -0.2) is 9.59 Å². The van der Waals surface area contributed by atoms with Crippen LogP contribution in [0, 0.1) is 0 Å². The second-order valence-corrected chi connectivity index (χ2v) is 8.38. The summed E-state index contributed by atoms with van der Waals surface area (Å²) in [6, 6.07) is 16.6. The zero-order valence-corrected chi connectivity index (χ0v) is 18.8. The summed E-state index contributed by atoms with van der Waals surface area (Å²) in [6.45, 7) is 4.87. The van der Waals surface area contributed by atoms with Crippen LogP contribution >= 0.6 is 11.6 Å². The molecule has 4 rings (SSSR count). The van der Waals surface area contributed by atoms with Crippen LogP contribution in [-0.4, -0.2) is 61.6 Å². The summed E-state index contributed by atoms with van der Waals surface area (Å²) < 4.78 is 5.06. The number of amides is 2. The van der Waals surface area contributed by atoms with Gasteiger partial charge in [-0.3, -0.25) is 9.80 Å². The molecule has 168 valence electrons. The van der Waals surface area contributed by atoms with Crippen molar-refractivity contribution in [1.82, 2.24) is 20.4 Å². The SMILES string of the molecule is COC(=O)C1=C(CN2CCN(Cc3ccccc3)CC2)NC(=O)NC1c1ccccc1Cl. The molecule has 0 aliphatic carbocycles. The van der Waals surface area contributed by atoms with E-state index >= 15 is 0 Å². The van der Waals surface area contributed by atoms with Crippen molar-refractivity contribution in [2.75, 3.05) is 39.8 Å². The molecule has 2 aromatic carbocycles. The fourth-order valence-electron chi connectivity index (χ4n) is 4.21. The fourth-order valence-corrected chi connectivity index (χ4v) is 4.45. The molecule has 1 saturated heterocycles. The lowest BCUT2D eigenvalue weighted by molar-refractivity contribution is -0.136. The number of esters is 1. The predicted octanol–water partition coefficient (Wildman–Crippen LogP) is 2.94. The highest BCUT2D eigenvalue weighted by Gasteiger charge is 2.35. The average Bonchev–Trinajstić information content (AvgIpc) is 2.80. The van der Waals surface area contributed by atoms with E-state index in [1.165, 1.54) is 12.7 Å². The Morgan fingerprint density at radius 2 is 1.62 bits per heavy atom. The molecule has 2 N–H and O–H groups in total. The fraction of sp³-hybridized carbons (Fsp3) is 0.333. The van der Waals surface area contributed by atoms with Gasteiger partial charge < -0.3 is 15.4 Å². The number of carbonyl (C=O) groups is 2. The summed E-state index contributed by atoms with van der Waals surface area (Å²) in [7, 11) is 1.34. The van der Waals surface area contributed by atoms with Crippen molar-refractivity contribution in [2.45, 2.75) is 12.6 Å². The maximum Gasteiger partial charge on any atom is 0.338 e. The number of carbonyl (C=O) groups excluding carboxylic acids is 2. The van der Waals surface area contributed by atoms with E-state index in [1.807, 2.05) is 24.3 Å². The minimum absolute atomic E-state index is 0.361. The third kappa shape index (κ3) is 5.12. The molecule has 0 bridgehead atoms. The topological polar surface area (TPSA) is 73.9 Å².